The van der Waals surface area contributed by atoms with Gasteiger partial charge >= 0.3 is 0 Å². The molecule has 0 aromatic carbocycles. The molecule has 0 aliphatic heterocycles. The first-order valence-corrected chi connectivity index (χ1v) is 4.26. The zero-order valence-corrected chi connectivity index (χ0v) is 6.45. The van der Waals surface area contributed by atoms with Gasteiger partial charge in [-0.2, -0.15) is 0 Å². The van der Waals surface area contributed by atoms with Gasteiger partial charge < -0.3 is 4.79 Å². The fourth-order valence-corrected chi connectivity index (χ4v) is 2.06. The Labute approximate surface area is 66.0 Å². The van der Waals surface area contributed by atoms with Crippen molar-refractivity contribution in [2.45, 2.75) is 25.7 Å². The van der Waals surface area contributed by atoms with Crippen molar-refractivity contribution in [2.75, 3.05) is 0 Å². The van der Waals surface area contributed by atoms with Gasteiger partial charge in [0, 0.05) is 18.8 Å². The number of hydrogen-bond acceptors (Lipinski definition) is 2. The van der Waals surface area contributed by atoms with E-state index >= 15 is 0 Å². The fraction of sp³-hybridized carbons (Fsp3) is 0.778. The minimum atomic E-state index is 0.315. The summed E-state index contributed by atoms with van der Waals surface area (Å²) in [5.74, 6) is 2.06. The van der Waals surface area contributed by atoms with E-state index < -0.39 is 0 Å². The molecular weight excluding hydrogens is 140 g/mol. The Morgan fingerprint density at radius 1 is 1.18 bits per heavy atom. The predicted octanol–water partition coefficient (Wildman–Crippen LogP) is 1.19. The van der Waals surface area contributed by atoms with Crippen LogP contribution in [0.2, 0.25) is 0 Å². The predicted molar refractivity (Wildman–Crippen MR) is 40.0 cm³/mol. The first kappa shape index (κ1) is 7.01. The topological polar surface area (TPSA) is 34.1 Å². The summed E-state index contributed by atoms with van der Waals surface area (Å²) in [4.78, 5) is 20.9. The molecule has 0 amide bonds. The van der Waals surface area contributed by atoms with Crippen LogP contribution in [0.1, 0.15) is 25.7 Å². The van der Waals surface area contributed by atoms with Gasteiger partial charge in [-0.3, -0.25) is 4.79 Å². The second-order valence-electron chi connectivity index (χ2n) is 3.83. The highest BCUT2D eigenvalue weighted by Gasteiger charge is 2.40. The number of carbonyl (C=O) groups excluding carboxylic acids is 2. The number of aldehydes is 1. The Hall–Kier alpha value is -0.660. The molecule has 0 aromatic rings. The van der Waals surface area contributed by atoms with Crippen LogP contribution >= 0.6 is 0 Å². The Kier molecular flexibility index (Phi) is 1.55. The van der Waals surface area contributed by atoms with E-state index in [0.717, 1.165) is 32.0 Å². The molecule has 60 valence electrons. The molecule has 0 aromatic heterocycles. The third kappa shape index (κ3) is 1.10. The highest BCUT2D eigenvalue weighted by molar-refractivity contribution is 5.84. The number of ketones is 1. The molecule has 0 unspecified atom stereocenters. The Morgan fingerprint density at radius 3 is 2.27 bits per heavy atom. The fourth-order valence-electron chi connectivity index (χ4n) is 2.06. The summed E-state index contributed by atoms with van der Waals surface area (Å²) in [6.45, 7) is 0. The summed E-state index contributed by atoms with van der Waals surface area (Å²) >= 11 is 0. The first-order valence-electron chi connectivity index (χ1n) is 4.26. The van der Waals surface area contributed by atoms with E-state index in [-0.39, 0.29) is 0 Å². The molecule has 2 aliphatic rings. The molecule has 2 fully saturated rings. The lowest BCUT2D eigenvalue weighted by molar-refractivity contribution is -0.131. The molecule has 0 N–H and O–H groups in total. The largest absolute Gasteiger partial charge is 0.303 e. The molecule has 0 saturated heterocycles. The summed E-state index contributed by atoms with van der Waals surface area (Å²) in [7, 11) is 0. The van der Waals surface area contributed by atoms with Crippen LogP contribution in [0, 0.1) is 17.8 Å². The normalized spacial score (nSPS) is 37.6. The van der Waals surface area contributed by atoms with E-state index in [1.54, 1.807) is 0 Å². The van der Waals surface area contributed by atoms with Gasteiger partial charge in [0.2, 0.25) is 0 Å². The Bertz CT molecular complexity index is 184. The van der Waals surface area contributed by atoms with E-state index in [9.17, 15) is 9.59 Å². The standard InChI is InChI=1S/C9H12O2/c10-5-6-1-7(2-6)8-3-9(11)4-8/h5-8H,1-4H2. The van der Waals surface area contributed by atoms with Crippen LogP contribution in [0.4, 0.5) is 0 Å². The molecule has 0 bridgehead atoms. The lowest BCUT2D eigenvalue weighted by Crippen LogP contribution is -2.38. The molecule has 2 heteroatoms. The Morgan fingerprint density at radius 2 is 1.82 bits per heavy atom. The zero-order valence-electron chi connectivity index (χ0n) is 6.45. The number of rotatable bonds is 2. The molecule has 0 spiro atoms. The monoisotopic (exact) mass is 152 g/mol. The van der Waals surface area contributed by atoms with Gasteiger partial charge in [0.25, 0.3) is 0 Å². The number of carbonyl (C=O) groups is 2. The second-order valence-corrected chi connectivity index (χ2v) is 3.83. The van der Waals surface area contributed by atoms with Crippen molar-refractivity contribution >= 4 is 12.1 Å². The first-order chi connectivity index (χ1) is 5.29. The second kappa shape index (κ2) is 2.43. The lowest BCUT2D eigenvalue weighted by atomic mass is 9.62. The molecule has 2 aliphatic carbocycles. The summed E-state index contributed by atoms with van der Waals surface area (Å²) < 4.78 is 0. The molecule has 2 saturated carbocycles. The average molecular weight is 152 g/mol. The van der Waals surface area contributed by atoms with Gasteiger partial charge in [0.05, 0.1) is 0 Å². The van der Waals surface area contributed by atoms with Crippen LogP contribution in [0.5, 0.6) is 0 Å². The van der Waals surface area contributed by atoms with Gasteiger partial charge in [-0.15, -0.1) is 0 Å². The van der Waals surface area contributed by atoms with Crippen molar-refractivity contribution in [3.05, 3.63) is 0 Å². The maximum Gasteiger partial charge on any atom is 0.133 e. The van der Waals surface area contributed by atoms with Crippen molar-refractivity contribution in [3.8, 4) is 0 Å². The highest BCUT2D eigenvalue weighted by Crippen LogP contribution is 2.44. The summed E-state index contributed by atoms with van der Waals surface area (Å²) in [5.41, 5.74) is 0. The third-order valence-electron chi connectivity index (χ3n) is 3.05. The van der Waals surface area contributed by atoms with Crippen molar-refractivity contribution < 1.29 is 9.59 Å². The minimum absolute atomic E-state index is 0.315. The van der Waals surface area contributed by atoms with Crippen molar-refractivity contribution in [3.63, 3.8) is 0 Å². The van der Waals surface area contributed by atoms with Crippen LogP contribution < -0.4 is 0 Å². The molecule has 2 nitrogen and oxygen atoms in total. The Balaban J connectivity index is 1.75. The smallest absolute Gasteiger partial charge is 0.133 e. The molecule has 0 heterocycles. The molecule has 11 heavy (non-hydrogen) atoms. The summed E-state index contributed by atoms with van der Waals surface area (Å²) in [6, 6.07) is 0. The van der Waals surface area contributed by atoms with Crippen molar-refractivity contribution in [1.82, 2.24) is 0 Å². The maximum atomic E-state index is 10.6. The van der Waals surface area contributed by atoms with E-state index in [0.29, 0.717) is 23.5 Å². The lowest BCUT2D eigenvalue weighted by Gasteiger charge is -2.41. The zero-order chi connectivity index (χ0) is 7.84. The van der Waals surface area contributed by atoms with Crippen LogP contribution in [-0.2, 0) is 9.59 Å². The molecule has 0 radical (unpaired) electrons. The summed E-state index contributed by atoms with van der Waals surface area (Å²) in [5, 5.41) is 0. The molecule has 2 rings (SSSR count). The van der Waals surface area contributed by atoms with Crippen LogP contribution in [0.3, 0.4) is 0 Å². The van der Waals surface area contributed by atoms with E-state index in [2.05, 4.69) is 0 Å². The van der Waals surface area contributed by atoms with Crippen LogP contribution in [0.15, 0.2) is 0 Å². The van der Waals surface area contributed by atoms with Crippen molar-refractivity contribution in [1.29, 1.82) is 0 Å². The van der Waals surface area contributed by atoms with E-state index in [4.69, 9.17) is 0 Å². The average Bonchev–Trinajstić information content (AvgIpc) is 1.81. The van der Waals surface area contributed by atoms with E-state index in [1.165, 1.54) is 0 Å². The minimum Gasteiger partial charge on any atom is -0.303 e. The SMILES string of the molecule is O=CC1CC(C2CC(=O)C2)C1. The van der Waals surface area contributed by atoms with Crippen LogP contribution in [0.25, 0.3) is 0 Å². The van der Waals surface area contributed by atoms with Gasteiger partial charge in [-0.1, -0.05) is 0 Å². The summed E-state index contributed by atoms with van der Waals surface area (Å²) in [6.07, 6.45) is 4.71. The molecular formula is C9H12O2. The number of Topliss-reactive ketones (excluding diaryl/α,β-unsaturated/α-hetero) is 1. The van der Waals surface area contributed by atoms with E-state index in [1.807, 2.05) is 0 Å². The van der Waals surface area contributed by atoms with Gasteiger partial charge in [0.1, 0.15) is 12.1 Å². The highest BCUT2D eigenvalue weighted by atomic mass is 16.1. The number of hydrogen-bond donors (Lipinski definition) is 0. The third-order valence-corrected chi connectivity index (χ3v) is 3.05. The molecule has 0 atom stereocenters. The van der Waals surface area contributed by atoms with Gasteiger partial charge in [-0.25, -0.2) is 0 Å². The van der Waals surface area contributed by atoms with Gasteiger partial charge in [-0.05, 0) is 24.7 Å². The van der Waals surface area contributed by atoms with Crippen LogP contribution in [-0.4, -0.2) is 12.1 Å². The van der Waals surface area contributed by atoms with Gasteiger partial charge in [0.15, 0.2) is 0 Å². The maximum absolute atomic E-state index is 10.6. The van der Waals surface area contributed by atoms with Crippen molar-refractivity contribution in [2.24, 2.45) is 17.8 Å². The quantitative estimate of drug-likeness (QED) is 0.557.